The van der Waals surface area contributed by atoms with Crippen LogP contribution in [-0.4, -0.2) is 90.2 Å². The van der Waals surface area contributed by atoms with Crippen LogP contribution in [0.5, 0.6) is 0 Å². The zero-order valence-corrected chi connectivity index (χ0v) is 16.8. The van der Waals surface area contributed by atoms with E-state index in [1.807, 2.05) is 0 Å². The van der Waals surface area contributed by atoms with Crippen LogP contribution in [-0.2, 0) is 9.59 Å². The molecule has 0 aliphatic heterocycles. The lowest BCUT2D eigenvalue weighted by Gasteiger charge is -2.22. The molecule has 0 fully saturated rings. The average molecular weight is 473 g/mol. The molecule has 0 aliphatic rings. The van der Waals surface area contributed by atoms with E-state index in [0.29, 0.717) is 5.56 Å². The first-order valence-corrected chi connectivity index (χ1v) is 9.09. The van der Waals surface area contributed by atoms with E-state index in [-0.39, 0.29) is 12.0 Å². The molecule has 0 radical (unpaired) electrons. The number of aldehydes is 1. The molecule has 0 heterocycles. The maximum Gasteiger partial charge on any atom is 0.269 e. The number of alkyl halides is 2. The first-order chi connectivity index (χ1) is 14.0. The Labute approximate surface area is 180 Å². The Bertz CT molecular complexity index is 676. The first-order valence-electron chi connectivity index (χ1n) is 8.22. The van der Waals surface area contributed by atoms with E-state index in [1.54, 1.807) is 0 Å². The van der Waals surface area contributed by atoms with Gasteiger partial charge in [-0.1, -0.05) is 23.2 Å². The van der Waals surface area contributed by atoms with Crippen LogP contribution in [0.4, 0.5) is 5.69 Å². The summed E-state index contributed by atoms with van der Waals surface area (Å²) in [6.07, 6.45) is -5.88. The molecule has 1 aromatic rings. The Morgan fingerprint density at radius 3 is 2.00 bits per heavy atom. The van der Waals surface area contributed by atoms with Crippen molar-refractivity contribution in [2.45, 2.75) is 35.3 Å². The van der Waals surface area contributed by atoms with Crippen molar-refractivity contribution in [3.63, 3.8) is 0 Å². The molecule has 0 saturated carbocycles. The molecule has 7 N–H and O–H groups in total. The molecular weight excluding hydrogens is 451 g/mol. The predicted molar refractivity (Wildman–Crippen MR) is 104 cm³/mol. The van der Waals surface area contributed by atoms with Crippen LogP contribution in [0.2, 0.25) is 0 Å². The van der Waals surface area contributed by atoms with Crippen LogP contribution in [0.15, 0.2) is 24.3 Å². The van der Waals surface area contributed by atoms with E-state index in [4.69, 9.17) is 48.7 Å². The SMILES string of the molecule is O=C(N[C@H](CO)[C@H](O)c1ccc([N+](=O)[O-])cc1)C(Cl)Cl.O=C[C@@H](O)[C@H](O)[C@H](O)CO. The largest absolute Gasteiger partial charge is 0.394 e. The maximum atomic E-state index is 11.3. The summed E-state index contributed by atoms with van der Waals surface area (Å²) in [7, 11) is 0. The number of hydrogen-bond donors (Lipinski definition) is 7. The van der Waals surface area contributed by atoms with Crippen molar-refractivity contribution in [3.05, 3.63) is 39.9 Å². The van der Waals surface area contributed by atoms with E-state index in [0.717, 1.165) is 0 Å². The highest BCUT2D eigenvalue weighted by atomic mass is 35.5. The standard InChI is InChI=1S/C11H12Cl2N2O5.C5H10O5/c12-10(13)11(18)14-8(5-16)9(17)6-1-3-7(4-2-6)15(19)20;6-1-3(8)5(10)4(9)2-7/h1-4,8-10,16-17H,5H2,(H,14,18);1,3-5,7-10H,2H2/t8-,9-;3-,4-,5+/m11/s1. The Hall–Kier alpha value is -1.90. The average Bonchev–Trinajstić information content (AvgIpc) is 2.75. The minimum atomic E-state index is -1.64. The van der Waals surface area contributed by atoms with Gasteiger partial charge in [0.25, 0.3) is 11.6 Å². The van der Waals surface area contributed by atoms with Crippen molar-refractivity contribution in [2.24, 2.45) is 0 Å². The van der Waals surface area contributed by atoms with Gasteiger partial charge in [-0.2, -0.15) is 0 Å². The minimum Gasteiger partial charge on any atom is -0.394 e. The van der Waals surface area contributed by atoms with Crippen molar-refractivity contribution in [3.8, 4) is 0 Å². The number of non-ortho nitro benzene ring substituents is 1. The molecule has 1 amide bonds. The van der Waals surface area contributed by atoms with Crippen molar-refractivity contribution >= 4 is 41.1 Å². The summed E-state index contributed by atoms with van der Waals surface area (Å²) in [5, 5.41) is 66.0. The van der Waals surface area contributed by atoms with E-state index < -0.39 is 59.3 Å². The number of amides is 1. The number of halogens is 2. The van der Waals surface area contributed by atoms with Gasteiger partial charge in [-0.05, 0) is 17.7 Å². The van der Waals surface area contributed by atoms with Gasteiger partial charge >= 0.3 is 0 Å². The van der Waals surface area contributed by atoms with Crippen LogP contribution in [0, 0.1) is 10.1 Å². The second-order valence-electron chi connectivity index (χ2n) is 5.76. The van der Waals surface area contributed by atoms with Crippen LogP contribution >= 0.6 is 23.2 Å². The number of nitrogens with one attached hydrogen (secondary N) is 1. The molecule has 0 unspecified atom stereocenters. The molecule has 30 heavy (non-hydrogen) atoms. The smallest absolute Gasteiger partial charge is 0.269 e. The zero-order chi connectivity index (χ0) is 23.4. The number of nitro benzene ring substituents is 1. The monoisotopic (exact) mass is 472 g/mol. The van der Waals surface area contributed by atoms with Crippen molar-refractivity contribution in [1.82, 2.24) is 5.32 Å². The van der Waals surface area contributed by atoms with Crippen LogP contribution in [0.3, 0.4) is 0 Å². The van der Waals surface area contributed by atoms with Gasteiger partial charge in [-0.25, -0.2) is 0 Å². The molecule has 0 spiro atoms. The van der Waals surface area contributed by atoms with E-state index in [9.17, 15) is 24.8 Å². The van der Waals surface area contributed by atoms with Crippen molar-refractivity contribution < 1.29 is 45.2 Å². The third-order valence-electron chi connectivity index (χ3n) is 3.62. The summed E-state index contributed by atoms with van der Waals surface area (Å²) in [4.78, 5) is 29.7. The number of aliphatic hydroxyl groups excluding tert-OH is 6. The van der Waals surface area contributed by atoms with Gasteiger partial charge in [0.15, 0.2) is 11.1 Å². The topological polar surface area (TPSA) is 211 Å². The van der Waals surface area contributed by atoms with Gasteiger partial charge in [0.05, 0.1) is 24.2 Å². The minimum absolute atomic E-state index is 0.0869. The van der Waals surface area contributed by atoms with E-state index in [2.05, 4.69) is 5.32 Å². The summed E-state index contributed by atoms with van der Waals surface area (Å²) >= 11 is 10.7. The summed E-state index contributed by atoms with van der Waals surface area (Å²) in [6.45, 7) is -1.24. The van der Waals surface area contributed by atoms with Gasteiger partial charge in [0, 0.05) is 12.1 Å². The Kier molecular flexibility index (Phi) is 13.3. The molecule has 0 saturated heterocycles. The molecular formula is C16H22Cl2N2O10. The fourth-order valence-electron chi connectivity index (χ4n) is 1.91. The second-order valence-corrected chi connectivity index (χ2v) is 6.86. The predicted octanol–water partition coefficient (Wildman–Crippen LogP) is -1.83. The maximum absolute atomic E-state index is 11.3. The number of benzene rings is 1. The second kappa shape index (κ2) is 14.2. The number of rotatable bonds is 10. The summed E-state index contributed by atoms with van der Waals surface area (Å²) in [5.41, 5.74) is 0.169. The number of aliphatic hydroxyl groups is 6. The number of nitro groups is 1. The van der Waals surface area contributed by atoms with Crippen molar-refractivity contribution in [2.75, 3.05) is 13.2 Å². The molecule has 5 atom stereocenters. The van der Waals surface area contributed by atoms with Crippen LogP contribution in [0.1, 0.15) is 11.7 Å². The van der Waals surface area contributed by atoms with Gasteiger partial charge in [-0.15, -0.1) is 0 Å². The summed E-state index contributed by atoms with van der Waals surface area (Å²) in [6, 6.07) is 4.05. The molecule has 170 valence electrons. The van der Waals surface area contributed by atoms with Crippen molar-refractivity contribution in [1.29, 1.82) is 0 Å². The fraction of sp³-hybridized carbons (Fsp3) is 0.500. The molecule has 1 rings (SSSR count). The number of carbonyl (C=O) groups is 2. The molecule has 0 aliphatic carbocycles. The molecule has 14 heteroatoms. The number of nitrogens with zero attached hydrogens (tertiary/aromatic N) is 1. The van der Waals surface area contributed by atoms with Gasteiger partial charge < -0.3 is 40.8 Å². The Morgan fingerprint density at radius 2 is 1.63 bits per heavy atom. The van der Waals surface area contributed by atoms with E-state index >= 15 is 0 Å². The molecule has 0 aromatic heterocycles. The highest BCUT2D eigenvalue weighted by Gasteiger charge is 2.25. The Morgan fingerprint density at radius 1 is 1.10 bits per heavy atom. The van der Waals surface area contributed by atoms with Crippen LogP contribution in [0.25, 0.3) is 0 Å². The lowest BCUT2D eigenvalue weighted by Crippen LogP contribution is -2.44. The molecule has 12 nitrogen and oxygen atoms in total. The third-order valence-corrected chi connectivity index (χ3v) is 4.02. The lowest BCUT2D eigenvalue weighted by molar-refractivity contribution is -0.384. The van der Waals surface area contributed by atoms with Gasteiger partial charge in [0.2, 0.25) is 0 Å². The highest BCUT2D eigenvalue weighted by Crippen LogP contribution is 2.20. The quantitative estimate of drug-likeness (QED) is 0.0874. The number of hydrogen-bond acceptors (Lipinski definition) is 10. The molecule has 1 aromatic carbocycles. The zero-order valence-electron chi connectivity index (χ0n) is 15.3. The highest BCUT2D eigenvalue weighted by molar-refractivity contribution is 6.53. The van der Waals surface area contributed by atoms with E-state index in [1.165, 1.54) is 24.3 Å². The third kappa shape index (κ3) is 9.28. The summed E-state index contributed by atoms with van der Waals surface area (Å²) in [5.74, 6) is -0.756. The fourth-order valence-corrected chi connectivity index (χ4v) is 2.04. The lowest BCUT2D eigenvalue weighted by atomic mass is 10.0. The summed E-state index contributed by atoms with van der Waals surface area (Å²) < 4.78 is 0. The molecule has 0 bridgehead atoms. The Balaban J connectivity index is 0.000000710. The number of carbonyl (C=O) groups excluding carboxylic acids is 2. The van der Waals surface area contributed by atoms with Gasteiger partial charge in [0.1, 0.15) is 24.4 Å². The van der Waals surface area contributed by atoms with Crippen LogP contribution < -0.4 is 5.32 Å². The first kappa shape index (κ1) is 28.1. The van der Waals surface area contributed by atoms with Gasteiger partial charge in [-0.3, -0.25) is 14.9 Å². The normalized spacial score (nSPS) is 15.8.